The molecule has 2 aromatic carbocycles. The molecule has 0 unspecified atom stereocenters. The fourth-order valence-corrected chi connectivity index (χ4v) is 1.92. The van der Waals surface area contributed by atoms with E-state index in [0.29, 0.717) is 0 Å². The summed E-state index contributed by atoms with van der Waals surface area (Å²) < 4.78 is 0. The summed E-state index contributed by atoms with van der Waals surface area (Å²) in [5.41, 5.74) is 2.97. The van der Waals surface area contributed by atoms with E-state index in [4.69, 9.17) is 0 Å². The average molecular weight is 384 g/mol. The molecular weight excluding hydrogens is 355 g/mol. The van der Waals surface area contributed by atoms with Crippen molar-refractivity contribution in [2.75, 3.05) is 0 Å². The number of unbranched alkanes of at least 4 members (excludes halogenated alkanes) is 2. The minimum absolute atomic E-state index is 0. The third kappa shape index (κ3) is 13.3. The van der Waals surface area contributed by atoms with Crippen LogP contribution in [-0.2, 0) is 39.0 Å². The molecule has 0 saturated heterocycles. The molecular formula is C19H29ClZr. The first-order valence-corrected chi connectivity index (χ1v) is 7.28. The minimum Gasteiger partial charge on any atom is -1.00 e. The van der Waals surface area contributed by atoms with Gasteiger partial charge in [0, 0.05) is 0 Å². The van der Waals surface area contributed by atoms with E-state index in [-0.39, 0.29) is 46.0 Å². The Hall–Kier alpha value is -0.127. The average Bonchev–Trinajstić information content (AvgIpc) is 3.07. The number of rotatable bonds is 6. The molecule has 0 aromatic heterocycles. The van der Waals surface area contributed by atoms with Crippen molar-refractivity contribution in [3.8, 4) is 0 Å². The number of halogens is 1. The van der Waals surface area contributed by atoms with Gasteiger partial charge in [-0.25, -0.2) is 24.3 Å². The molecule has 0 aliphatic carbocycles. The van der Waals surface area contributed by atoms with E-state index in [9.17, 15) is 0 Å². The SMILES string of the molecule is CCCC[c-]1cccc1.CCCC[c-]1cccc1.[CH3-].[Cl-].[Zr+4]. The van der Waals surface area contributed by atoms with Crippen LogP contribution in [0.4, 0.5) is 0 Å². The first kappa shape index (κ1) is 25.8. The third-order valence-electron chi connectivity index (χ3n) is 3.10. The summed E-state index contributed by atoms with van der Waals surface area (Å²) in [6.45, 7) is 4.45. The fraction of sp³-hybridized carbons (Fsp3) is 0.421. The Balaban J connectivity index is -0.000000270. The van der Waals surface area contributed by atoms with Gasteiger partial charge in [0.2, 0.25) is 0 Å². The molecule has 0 nitrogen and oxygen atoms in total. The van der Waals surface area contributed by atoms with Crippen LogP contribution >= 0.6 is 0 Å². The Morgan fingerprint density at radius 3 is 1.19 bits per heavy atom. The van der Waals surface area contributed by atoms with Crippen LogP contribution < -0.4 is 12.4 Å². The summed E-state index contributed by atoms with van der Waals surface area (Å²) in [7, 11) is 0. The molecule has 0 spiro atoms. The van der Waals surface area contributed by atoms with Crippen molar-refractivity contribution in [3.63, 3.8) is 0 Å². The van der Waals surface area contributed by atoms with E-state index >= 15 is 0 Å². The van der Waals surface area contributed by atoms with Gasteiger partial charge in [-0.1, -0.05) is 52.4 Å². The Bertz CT molecular complexity index is 324. The summed E-state index contributed by atoms with van der Waals surface area (Å²) in [6, 6.07) is 17.2. The maximum atomic E-state index is 2.23. The van der Waals surface area contributed by atoms with Gasteiger partial charge < -0.3 is 19.8 Å². The van der Waals surface area contributed by atoms with Crippen LogP contribution in [0, 0.1) is 7.43 Å². The summed E-state index contributed by atoms with van der Waals surface area (Å²) in [6.07, 6.45) is 7.75. The first-order chi connectivity index (χ1) is 8.86. The van der Waals surface area contributed by atoms with Gasteiger partial charge in [-0.3, -0.25) is 0 Å². The molecule has 116 valence electrons. The van der Waals surface area contributed by atoms with E-state index in [2.05, 4.69) is 62.4 Å². The van der Waals surface area contributed by atoms with Crippen molar-refractivity contribution in [2.45, 2.75) is 52.4 Å². The number of hydrogen-bond donors (Lipinski definition) is 0. The summed E-state index contributed by atoms with van der Waals surface area (Å²) in [5.74, 6) is 0. The van der Waals surface area contributed by atoms with Gasteiger partial charge in [0.15, 0.2) is 0 Å². The predicted octanol–water partition coefficient (Wildman–Crippen LogP) is 2.95. The maximum Gasteiger partial charge on any atom is 4.00 e. The molecule has 0 aliphatic heterocycles. The van der Waals surface area contributed by atoms with Crippen LogP contribution in [0.15, 0.2) is 48.5 Å². The molecule has 21 heavy (non-hydrogen) atoms. The summed E-state index contributed by atoms with van der Waals surface area (Å²) >= 11 is 0. The molecule has 2 heteroatoms. The largest absolute Gasteiger partial charge is 4.00 e. The van der Waals surface area contributed by atoms with Gasteiger partial charge in [-0.15, -0.1) is 0 Å². The molecule has 0 saturated carbocycles. The Labute approximate surface area is 157 Å². The van der Waals surface area contributed by atoms with Crippen molar-refractivity contribution in [2.24, 2.45) is 0 Å². The van der Waals surface area contributed by atoms with Crippen molar-refractivity contribution < 1.29 is 38.6 Å². The van der Waals surface area contributed by atoms with E-state index in [1.807, 2.05) is 0 Å². The zero-order valence-corrected chi connectivity index (χ0v) is 17.0. The molecule has 0 bridgehead atoms. The van der Waals surface area contributed by atoms with Crippen LogP contribution in [0.25, 0.3) is 0 Å². The monoisotopic (exact) mass is 382 g/mol. The van der Waals surface area contributed by atoms with E-state index < -0.39 is 0 Å². The Morgan fingerprint density at radius 2 is 0.952 bits per heavy atom. The standard InChI is InChI=1S/2C9H13.CH3.ClH.Zr/c2*1-2-3-6-9-7-4-5-8-9;;;/h2*4-5,7-8H,2-3,6H2,1H3;1H3;1H;/q3*-1;;+4/p-1. The van der Waals surface area contributed by atoms with Crippen LogP contribution in [0.2, 0.25) is 0 Å². The minimum atomic E-state index is 0. The number of hydrogen-bond acceptors (Lipinski definition) is 0. The van der Waals surface area contributed by atoms with Crippen LogP contribution in [0.5, 0.6) is 0 Å². The maximum absolute atomic E-state index is 2.23. The van der Waals surface area contributed by atoms with Crippen LogP contribution in [0.3, 0.4) is 0 Å². The molecule has 0 aliphatic rings. The quantitative estimate of drug-likeness (QED) is 0.673. The van der Waals surface area contributed by atoms with Gasteiger partial charge in [0.1, 0.15) is 0 Å². The normalized spacial score (nSPS) is 8.48. The summed E-state index contributed by atoms with van der Waals surface area (Å²) in [5, 5.41) is 0. The second-order valence-corrected chi connectivity index (χ2v) is 4.79. The molecule has 0 amide bonds. The third-order valence-corrected chi connectivity index (χ3v) is 3.10. The van der Waals surface area contributed by atoms with Gasteiger partial charge in [0.05, 0.1) is 0 Å². The zero-order chi connectivity index (χ0) is 13.1. The van der Waals surface area contributed by atoms with Crippen LogP contribution in [0.1, 0.15) is 50.7 Å². The van der Waals surface area contributed by atoms with E-state index in [1.165, 1.54) is 49.7 Å². The van der Waals surface area contributed by atoms with Crippen molar-refractivity contribution in [1.29, 1.82) is 0 Å². The Morgan fingerprint density at radius 1 is 0.667 bits per heavy atom. The van der Waals surface area contributed by atoms with Gasteiger partial charge in [-0.05, 0) is 0 Å². The van der Waals surface area contributed by atoms with Gasteiger partial charge >= 0.3 is 26.2 Å². The molecule has 0 fully saturated rings. The topological polar surface area (TPSA) is 0 Å². The first-order valence-electron chi connectivity index (χ1n) is 7.28. The zero-order valence-electron chi connectivity index (χ0n) is 13.7. The summed E-state index contributed by atoms with van der Waals surface area (Å²) in [4.78, 5) is 0. The smallest absolute Gasteiger partial charge is 1.00 e. The Kier molecular flexibility index (Phi) is 22.0. The molecule has 0 atom stereocenters. The van der Waals surface area contributed by atoms with Crippen molar-refractivity contribution in [3.05, 3.63) is 67.1 Å². The van der Waals surface area contributed by atoms with E-state index in [1.54, 1.807) is 0 Å². The van der Waals surface area contributed by atoms with Crippen molar-refractivity contribution >= 4 is 0 Å². The predicted molar refractivity (Wildman–Crippen MR) is 87.7 cm³/mol. The van der Waals surface area contributed by atoms with E-state index in [0.717, 1.165) is 0 Å². The molecule has 2 rings (SSSR count). The van der Waals surface area contributed by atoms with Gasteiger partial charge in [0.25, 0.3) is 0 Å². The van der Waals surface area contributed by atoms with Crippen molar-refractivity contribution in [1.82, 2.24) is 0 Å². The molecule has 0 heterocycles. The number of aryl methyl sites for hydroxylation is 2. The van der Waals surface area contributed by atoms with Crippen LogP contribution in [-0.4, -0.2) is 0 Å². The molecule has 0 radical (unpaired) electrons. The second kappa shape index (κ2) is 17.9. The fourth-order valence-electron chi connectivity index (χ4n) is 1.92. The molecule has 0 N–H and O–H groups in total. The molecule has 2 aromatic rings. The van der Waals surface area contributed by atoms with Gasteiger partial charge in [-0.2, -0.15) is 35.4 Å². The second-order valence-electron chi connectivity index (χ2n) is 4.79.